The number of aliphatic hydroxyl groups excluding tert-OH is 1. The number of hydrogen-bond donors (Lipinski definition) is 3. The maximum Gasteiger partial charge on any atom is 0.472 e. The van der Waals surface area contributed by atoms with E-state index in [9.17, 15) is 43.2 Å². The predicted octanol–water partition coefficient (Wildman–Crippen LogP) is 19.4. The van der Waals surface area contributed by atoms with Crippen LogP contribution in [0, 0.1) is 5.92 Å². The Labute approximate surface area is 530 Å². The molecule has 0 fully saturated rings. The van der Waals surface area contributed by atoms with Crippen molar-refractivity contribution in [3.05, 3.63) is 0 Å². The summed E-state index contributed by atoms with van der Waals surface area (Å²) >= 11 is 0. The van der Waals surface area contributed by atoms with E-state index in [0.717, 1.165) is 102 Å². The number of hydrogen-bond acceptors (Lipinski definition) is 15. The average molecular weight is 1280 g/mol. The zero-order valence-corrected chi connectivity index (χ0v) is 57.9. The first-order valence-corrected chi connectivity index (χ1v) is 38.7. The maximum absolute atomic E-state index is 13.0. The number of unbranched alkanes of at least 4 members (excludes halogenated alkanes) is 39. The van der Waals surface area contributed by atoms with E-state index in [1.165, 1.54) is 167 Å². The fraction of sp³-hybridized carbons (Fsp3) is 0.941. The molecule has 19 heteroatoms. The Bertz CT molecular complexity index is 1690. The molecule has 0 radical (unpaired) electrons. The van der Waals surface area contributed by atoms with E-state index >= 15 is 0 Å². The second kappa shape index (κ2) is 61.6. The summed E-state index contributed by atoms with van der Waals surface area (Å²) in [5.74, 6) is -1.29. The largest absolute Gasteiger partial charge is 0.472 e. The minimum Gasteiger partial charge on any atom is -0.462 e. The number of aliphatic hydroxyl groups is 1. The van der Waals surface area contributed by atoms with Crippen LogP contribution in [0.2, 0.25) is 0 Å². The zero-order chi connectivity index (χ0) is 64.2. The van der Waals surface area contributed by atoms with E-state index in [-0.39, 0.29) is 25.7 Å². The van der Waals surface area contributed by atoms with Crippen molar-refractivity contribution in [1.82, 2.24) is 0 Å². The van der Waals surface area contributed by atoms with Crippen molar-refractivity contribution in [2.24, 2.45) is 5.92 Å². The van der Waals surface area contributed by atoms with Crippen LogP contribution in [0.5, 0.6) is 0 Å². The number of carbonyl (C=O) groups excluding carboxylic acids is 4. The smallest absolute Gasteiger partial charge is 0.462 e. The molecule has 0 amide bonds. The van der Waals surface area contributed by atoms with Gasteiger partial charge in [-0.2, -0.15) is 0 Å². The van der Waals surface area contributed by atoms with Gasteiger partial charge in [0.1, 0.15) is 19.3 Å². The molecule has 0 aliphatic rings. The van der Waals surface area contributed by atoms with Gasteiger partial charge in [-0.05, 0) is 31.6 Å². The van der Waals surface area contributed by atoms with Gasteiger partial charge in [-0.25, -0.2) is 9.13 Å². The second-order valence-electron chi connectivity index (χ2n) is 24.8. The molecule has 0 saturated heterocycles. The van der Waals surface area contributed by atoms with Crippen LogP contribution in [0.1, 0.15) is 349 Å². The Morgan fingerprint density at radius 1 is 0.322 bits per heavy atom. The Balaban J connectivity index is 5.15. The molecule has 0 bridgehead atoms. The molecule has 3 N–H and O–H groups in total. The van der Waals surface area contributed by atoms with Gasteiger partial charge in [0, 0.05) is 25.7 Å². The van der Waals surface area contributed by atoms with Gasteiger partial charge in [-0.3, -0.25) is 37.3 Å². The molecular formula is C68H132O17P2. The molecule has 87 heavy (non-hydrogen) atoms. The lowest BCUT2D eigenvalue weighted by Gasteiger charge is -2.21. The minimum atomic E-state index is -4.95. The Morgan fingerprint density at radius 3 is 0.816 bits per heavy atom. The summed E-state index contributed by atoms with van der Waals surface area (Å²) in [7, 11) is -9.88. The highest BCUT2D eigenvalue weighted by Gasteiger charge is 2.30. The van der Waals surface area contributed by atoms with Gasteiger partial charge in [0.05, 0.1) is 26.4 Å². The molecule has 0 rings (SSSR count). The molecule has 0 aromatic carbocycles. The lowest BCUT2D eigenvalue weighted by molar-refractivity contribution is -0.161. The summed E-state index contributed by atoms with van der Waals surface area (Å²) in [6.45, 7) is 7.19. The maximum atomic E-state index is 13.0. The van der Waals surface area contributed by atoms with Gasteiger partial charge in [-0.15, -0.1) is 0 Å². The number of phosphoric acid groups is 2. The third kappa shape index (κ3) is 61.3. The predicted molar refractivity (Wildman–Crippen MR) is 349 cm³/mol. The molecule has 0 aliphatic heterocycles. The zero-order valence-electron chi connectivity index (χ0n) is 56.2. The quantitative estimate of drug-likeness (QED) is 0.0222. The molecule has 516 valence electrons. The minimum absolute atomic E-state index is 0.106. The van der Waals surface area contributed by atoms with Gasteiger partial charge in [0.25, 0.3) is 0 Å². The normalized spacial score (nSPS) is 14.4. The third-order valence-corrected chi connectivity index (χ3v) is 18.0. The van der Waals surface area contributed by atoms with Crippen molar-refractivity contribution in [1.29, 1.82) is 0 Å². The summed E-state index contributed by atoms with van der Waals surface area (Å²) in [5, 5.41) is 10.5. The van der Waals surface area contributed by atoms with Crippen LogP contribution in [0.15, 0.2) is 0 Å². The Kier molecular flexibility index (Phi) is 60.2. The van der Waals surface area contributed by atoms with Gasteiger partial charge in [-0.1, -0.05) is 298 Å². The number of esters is 4. The molecule has 0 aliphatic carbocycles. The topological polar surface area (TPSA) is 237 Å². The highest BCUT2D eigenvalue weighted by molar-refractivity contribution is 7.47. The Hall–Kier alpha value is -1.94. The summed E-state index contributed by atoms with van der Waals surface area (Å²) in [4.78, 5) is 72.1. The van der Waals surface area contributed by atoms with Gasteiger partial charge in [0.15, 0.2) is 12.2 Å². The van der Waals surface area contributed by atoms with E-state index in [2.05, 4.69) is 34.6 Å². The molecule has 0 saturated carbocycles. The second-order valence-corrected chi connectivity index (χ2v) is 27.7. The fourth-order valence-electron chi connectivity index (χ4n) is 10.3. The van der Waals surface area contributed by atoms with Gasteiger partial charge < -0.3 is 33.8 Å². The molecule has 0 heterocycles. The highest BCUT2D eigenvalue weighted by Crippen LogP contribution is 2.45. The first kappa shape index (κ1) is 85.1. The monoisotopic (exact) mass is 1280 g/mol. The van der Waals surface area contributed by atoms with Crippen molar-refractivity contribution >= 4 is 39.5 Å². The summed E-state index contributed by atoms with van der Waals surface area (Å²) in [5.41, 5.74) is 0. The molecular weight excluding hydrogens is 1150 g/mol. The van der Waals surface area contributed by atoms with Crippen molar-refractivity contribution in [3.63, 3.8) is 0 Å². The first-order chi connectivity index (χ1) is 42.1. The first-order valence-electron chi connectivity index (χ1n) is 35.7. The summed E-state index contributed by atoms with van der Waals surface area (Å²) < 4.78 is 68.0. The average Bonchev–Trinajstić information content (AvgIpc) is 3.71. The number of carbonyl (C=O) groups is 4. The van der Waals surface area contributed by atoms with Crippen LogP contribution in [-0.2, 0) is 65.4 Å². The summed E-state index contributed by atoms with van der Waals surface area (Å²) in [6.07, 6.45) is 47.4. The third-order valence-electron chi connectivity index (χ3n) is 16.1. The molecule has 0 spiro atoms. The van der Waals surface area contributed by atoms with Gasteiger partial charge >= 0.3 is 39.5 Å². The van der Waals surface area contributed by atoms with E-state index in [0.29, 0.717) is 25.7 Å². The Morgan fingerprint density at radius 2 is 0.552 bits per heavy atom. The van der Waals surface area contributed by atoms with E-state index in [1.54, 1.807) is 0 Å². The molecule has 0 aromatic rings. The van der Waals surface area contributed by atoms with Crippen LogP contribution < -0.4 is 0 Å². The van der Waals surface area contributed by atoms with Crippen molar-refractivity contribution in [3.8, 4) is 0 Å². The highest BCUT2D eigenvalue weighted by atomic mass is 31.2. The lowest BCUT2D eigenvalue weighted by Crippen LogP contribution is -2.30. The van der Waals surface area contributed by atoms with Crippen LogP contribution >= 0.6 is 15.6 Å². The van der Waals surface area contributed by atoms with Crippen LogP contribution in [-0.4, -0.2) is 96.7 Å². The van der Waals surface area contributed by atoms with E-state index < -0.39 is 97.5 Å². The van der Waals surface area contributed by atoms with Crippen LogP contribution in [0.4, 0.5) is 0 Å². The molecule has 6 atom stereocenters. The molecule has 3 unspecified atom stereocenters. The van der Waals surface area contributed by atoms with Gasteiger partial charge in [0.2, 0.25) is 0 Å². The van der Waals surface area contributed by atoms with E-state index in [1.807, 2.05) is 0 Å². The summed E-state index contributed by atoms with van der Waals surface area (Å²) in [6, 6.07) is 0. The van der Waals surface area contributed by atoms with Crippen molar-refractivity contribution in [2.45, 2.75) is 368 Å². The SMILES string of the molecule is CCCCCCCCCCCCCCCCC(=O)OC[C@H](COP(=O)(O)OC[C@@H](O)COP(=O)(O)OC[C@@H](COC(=O)CCCCCCC)OC(=O)CCCCCCCCCCCC)OC(=O)CCCCCCCCCCCCCCCCC(C)CC. The molecule has 0 aromatic heterocycles. The number of ether oxygens (including phenoxy) is 4. The number of phosphoric ester groups is 2. The molecule has 17 nitrogen and oxygen atoms in total. The standard InChI is InChI=1S/C68H132O17P2/c1-6-10-13-16-18-20-22-23-27-30-34-37-42-47-52-66(71)79-58-64(85-68(73)54-49-44-39-35-31-28-25-24-26-29-32-36-41-45-50-61(5)9-4)60-83-87(76,77)81-56-62(69)55-80-86(74,75)82-59-63(57-78-65(70)51-46-40-15-12-8-3)84-67(72)53-48-43-38-33-21-19-17-14-11-7-2/h61-64,69H,6-60H2,1-5H3,(H,74,75)(H,76,77)/t61?,62-,63+,64+/m0/s1. The fourth-order valence-corrected chi connectivity index (χ4v) is 11.8. The number of rotatable bonds is 68. The van der Waals surface area contributed by atoms with Crippen LogP contribution in [0.3, 0.4) is 0 Å². The van der Waals surface area contributed by atoms with Crippen molar-refractivity contribution < 1.29 is 80.2 Å². The lowest BCUT2D eigenvalue weighted by atomic mass is 9.99. The van der Waals surface area contributed by atoms with Crippen LogP contribution in [0.25, 0.3) is 0 Å². The van der Waals surface area contributed by atoms with E-state index in [4.69, 9.17) is 37.0 Å². The van der Waals surface area contributed by atoms with Crippen molar-refractivity contribution in [2.75, 3.05) is 39.6 Å².